The summed E-state index contributed by atoms with van der Waals surface area (Å²) in [6, 6.07) is 0. The van der Waals surface area contributed by atoms with Crippen molar-refractivity contribution in [2.24, 2.45) is 0 Å². The standard InChI is InChI=1S/C10H16O7S/c1-10(2)15-7-6-5(4-13-18(11)17-6)14-9(12-3)8(7)16-10/h5-9H,4H2,1-3H3/t5-,6+,7+,8?,9-,18?/m1/s1. The van der Waals surface area contributed by atoms with Gasteiger partial charge in [-0.15, -0.1) is 0 Å². The first kappa shape index (κ1) is 12.9. The summed E-state index contributed by atoms with van der Waals surface area (Å²) in [5, 5.41) is 0. The molecule has 3 saturated heterocycles. The van der Waals surface area contributed by atoms with Crippen LogP contribution in [0.4, 0.5) is 0 Å². The lowest BCUT2D eigenvalue weighted by Crippen LogP contribution is -2.60. The van der Waals surface area contributed by atoms with E-state index in [0.717, 1.165) is 0 Å². The van der Waals surface area contributed by atoms with Gasteiger partial charge in [0, 0.05) is 7.11 Å². The lowest BCUT2D eigenvalue weighted by atomic mass is 9.99. The lowest BCUT2D eigenvalue weighted by Gasteiger charge is -2.42. The monoisotopic (exact) mass is 280 g/mol. The number of methoxy groups -OCH3 is 1. The van der Waals surface area contributed by atoms with Crippen LogP contribution in [-0.4, -0.2) is 54.4 Å². The molecule has 6 atom stereocenters. The Balaban J connectivity index is 1.85. The normalized spacial score (nSPS) is 50.6. The molecule has 3 rings (SSSR count). The van der Waals surface area contributed by atoms with Crippen molar-refractivity contribution in [3.63, 3.8) is 0 Å². The SMILES string of the molecule is CO[C@@H]1O[C@@H]2COS(=O)O[C@@H]2[C@@H]2OC(C)(C)OC12. The van der Waals surface area contributed by atoms with E-state index in [1.54, 1.807) is 7.11 Å². The molecule has 18 heavy (non-hydrogen) atoms. The van der Waals surface area contributed by atoms with E-state index in [0.29, 0.717) is 0 Å². The molecule has 0 saturated carbocycles. The quantitative estimate of drug-likeness (QED) is 0.662. The summed E-state index contributed by atoms with van der Waals surface area (Å²) in [5.41, 5.74) is 0. The molecule has 0 aromatic heterocycles. The van der Waals surface area contributed by atoms with E-state index in [1.165, 1.54) is 0 Å². The summed E-state index contributed by atoms with van der Waals surface area (Å²) >= 11 is -1.76. The molecular formula is C10H16O7S. The van der Waals surface area contributed by atoms with Gasteiger partial charge in [0.2, 0.25) is 0 Å². The Bertz CT molecular complexity index is 360. The van der Waals surface area contributed by atoms with E-state index in [-0.39, 0.29) is 18.8 Å². The van der Waals surface area contributed by atoms with Gasteiger partial charge in [-0.1, -0.05) is 0 Å². The summed E-state index contributed by atoms with van der Waals surface area (Å²) in [7, 11) is 1.54. The van der Waals surface area contributed by atoms with Crippen molar-refractivity contribution in [3.8, 4) is 0 Å². The molecule has 0 aromatic rings. The van der Waals surface area contributed by atoms with Gasteiger partial charge >= 0.3 is 11.4 Å². The molecule has 3 heterocycles. The maximum Gasteiger partial charge on any atom is 0.305 e. The van der Waals surface area contributed by atoms with Crippen molar-refractivity contribution in [2.45, 2.75) is 50.3 Å². The van der Waals surface area contributed by atoms with Crippen molar-refractivity contribution in [1.29, 1.82) is 0 Å². The Morgan fingerprint density at radius 2 is 1.94 bits per heavy atom. The van der Waals surface area contributed by atoms with Crippen LogP contribution >= 0.6 is 0 Å². The van der Waals surface area contributed by atoms with Crippen LogP contribution in [0.1, 0.15) is 13.8 Å². The van der Waals surface area contributed by atoms with Gasteiger partial charge in [0.15, 0.2) is 12.1 Å². The average molecular weight is 280 g/mol. The fourth-order valence-corrected chi connectivity index (χ4v) is 3.22. The summed E-state index contributed by atoms with van der Waals surface area (Å²) < 4.78 is 44.0. The summed E-state index contributed by atoms with van der Waals surface area (Å²) in [5.74, 6) is -0.743. The molecule has 8 heteroatoms. The van der Waals surface area contributed by atoms with Gasteiger partial charge in [-0.05, 0) is 13.8 Å². The molecule has 7 nitrogen and oxygen atoms in total. The molecule has 0 N–H and O–H groups in total. The zero-order valence-corrected chi connectivity index (χ0v) is 11.2. The van der Waals surface area contributed by atoms with Crippen molar-refractivity contribution in [3.05, 3.63) is 0 Å². The molecular weight excluding hydrogens is 264 g/mol. The zero-order valence-electron chi connectivity index (χ0n) is 10.4. The summed E-state index contributed by atoms with van der Waals surface area (Å²) in [4.78, 5) is 0. The molecule has 0 amide bonds. The molecule has 2 unspecified atom stereocenters. The second kappa shape index (κ2) is 4.48. The highest BCUT2D eigenvalue weighted by molar-refractivity contribution is 7.75. The molecule has 3 aliphatic rings. The van der Waals surface area contributed by atoms with Gasteiger partial charge in [-0.2, -0.15) is 4.21 Å². The Hall–Kier alpha value is -0.0900. The maximum absolute atomic E-state index is 11.3. The fourth-order valence-electron chi connectivity index (χ4n) is 2.50. The van der Waals surface area contributed by atoms with Crippen molar-refractivity contribution in [1.82, 2.24) is 0 Å². The first-order valence-electron chi connectivity index (χ1n) is 5.76. The Kier molecular flexibility index (Phi) is 3.22. The van der Waals surface area contributed by atoms with Crippen LogP contribution in [0.5, 0.6) is 0 Å². The summed E-state index contributed by atoms with van der Waals surface area (Å²) in [6.45, 7) is 3.80. The number of hydrogen-bond acceptors (Lipinski definition) is 7. The predicted molar refractivity (Wildman–Crippen MR) is 58.5 cm³/mol. The van der Waals surface area contributed by atoms with E-state index >= 15 is 0 Å². The van der Waals surface area contributed by atoms with Crippen molar-refractivity contribution < 1.29 is 31.5 Å². The minimum Gasteiger partial charge on any atom is -0.353 e. The second-order valence-corrected chi connectivity index (χ2v) is 5.73. The molecule has 0 spiro atoms. The first-order valence-corrected chi connectivity index (χ1v) is 6.76. The van der Waals surface area contributed by atoms with Crippen LogP contribution in [0.2, 0.25) is 0 Å². The molecule has 0 bridgehead atoms. The largest absolute Gasteiger partial charge is 0.353 e. The first-order chi connectivity index (χ1) is 8.50. The highest BCUT2D eigenvalue weighted by Gasteiger charge is 2.57. The van der Waals surface area contributed by atoms with Crippen LogP contribution in [0, 0.1) is 0 Å². The minimum absolute atomic E-state index is 0.185. The fraction of sp³-hybridized carbons (Fsp3) is 1.00. The van der Waals surface area contributed by atoms with Crippen LogP contribution in [-0.2, 0) is 38.7 Å². The number of rotatable bonds is 1. The van der Waals surface area contributed by atoms with Gasteiger partial charge in [0.05, 0.1) is 6.61 Å². The van der Waals surface area contributed by atoms with Gasteiger partial charge in [-0.25, -0.2) is 0 Å². The molecule has 3 aliphatic heterocycles. The number of ether oxygens (including phenoxy) is 4. The second-order valence-electron chi connectivity index (χ2n) is 4.89. The molecule has 104 valence electrons. The van der Waals surface area contributed by atoms with Gasteiger partial charge in [-0.3, -0.25) is 8.37 Å². The van der Waals surface area contributed by atoms with Crippen LogP contribution in [0.15, 0.2) is 0 Å². The van der Waals surface area contributed by atoms with Crippen LogP contribution < -0.4 is 0 Å². The smallest absolute Gasteiger partial charge is 0.305 e. The van der Waals surface area contributed by atoms with E-state index < -0.39 is 35.6 Å². The third-order valence-electron chi connectivity index (χ3n) is 3.18. The van der Waals surface area contributed by atoms with Crippen LogP contribution in [0.25, 0.3) is 0 Å². The van der Waals surface area contributed by atoms with Crippen molar-refractivity contribution in [2.75, 3.05) is 13.7 Å². The van der Waals surface area contributed by atoms with Crippen molar-refractivity contribution >= 4 is 11.4 Å². The molecule has 0 aliphatic carbocycles. The van der Waals surface area contributed by atoms with E-state index in [9.17, 15) is 4.21 Å². The highest BCUT2D eigenvalue weighted by atomic mass is 32.2. The number of fused-ring (bicyclic) bond motifs is 3. The predicted octanol–water partition coefficient (Wildman–Crippen LogP) is -0.128. The molecule has 0 radical (unpaired) electrons. The topological polar surface area (TPSA) is 72.5 Å². The van der Waals surface area contributed by atoms with Crippen LogP contribution in [0.3, 0.4) is 0 Å². The maximum atomic E-state index is 11.3. The Labute approximate surface area is 107 Å². The third-order valence-corrected chi connectivity index (χ3v) is 3.89. The zero-order chi connectivity index (χ0) is 12.9. The third kappa shape index (κ3) is 2.11. The molecule has 3 fully saturated rings. The minimum atomic E-state index is -1.76. The van der Waals surface area contributed by atoms with E-state index in [4.69, 9.17) is 27.3 Å². The molecule has 0 aromatic carbocycles. The lowest BCUT2D eigenvalue weighted by molar-refractivity contribution is -0.272. The average Bonchev–Trinajstić information content (AvgIpc) is 2.64. The Morgan fingerprint density at radius 1 is 1.22 bits per heavy atom. The van der Waals surface area contributed by atoms with E-state index in [1.807, 2.05) is 13.8 Å². The van der Waals surface area contributed by atoms with Gasteiger partial charge in [0.25, 0.3) is 0 Å². The number of hydrogen-bond donors (Lipinski definition) is 0. The Morgan fingerprint density at radius 3 is 2.67 bits per heavy atom. The highest BCUT2D eigenvalue weighted by Crippen LogP contribution is 2.40. The van der Waals surface area contributed by atoms with Gasteiger partial charge in [0.1, 0.15) is 24.4 Å². The van der Waals surface area contributed by atoms with Gasteiger partial charge < -0.3 is 18.9 Å². The van der Waals surface area contributed by atoms with E-state index in [2.05, 4.69) is 0 Å². The summed E-state index contributed by atoms with van der Waals surface area (Å²) in [6.07, 6.45) is -2.17.